The molecule has 0 bridgehead atoms. The van der Waals surface area contributed by atoms with Gasteiger partial charge < -0.3 is 23.9 Å². The summed E-state index contributed by atoms with van der Waals surface area (Å²) < 4.78 is 26.7. The molecule has 0 radical (unpaired) electrons. The molecule has 0 aliphatic rings. The van der Waals surface area contributed by atoms with Crippen LogP contribution in [0.1, 0.15) is 12.0 Å². The van der Waals surface area contributed by atoms with E-state index in [1.54, 1.807) is 12.1 Å². The minimum Gasteiger partial charge on any atom is -0.445 e. The number of carbonyl (C=O) groups excluding carboxylic acids is 2. The minimum atomic E-state index is -3.60. The number of ether oxygens (including phenoxy) is 1. The Kier molecular flexibility index (Phi) is 7.08. The van der Waals surface area contributed by atoms with Gasteiger partial charge in [0.2, 0.25) is 0 Å². The maximum Gasteiger partial charge on any atom is 0.408 e. The summed E-state index contributed by atoms with van der Waals surface area (Å²) in [6, 6.07) is 9.07. The summed E-state index contributed by atoms with van der Waals surface area (Å²) in [6.45, 7) is 0.0603. The topological polar surface area (TPSA) is 90.9 Å². The van der Waals surface area contributed by atoms with E-state index in [4.69, 9.17) is 13.8 Å². The first-order valence-corrected chi connectivity index (χ1v) is 7.79. The average Bonchev–Trinajstić information content (AvgIpc) is 2.52. The SMILES string of the molecule is COP(=O)(OC)[C@@H](CC=O)NC(=O)OCc1ccccc1. The van der Waals surface area contributed by atoms with E-state index in [0.717, 1.165) is 5.56 Å². The van der Waals surface area contributed by atoms with E-state index in [1.165, 1.54) is 14.2 Å². The lowest BCUT2D eigenvalue weighted by molar-refractivity contribution is -0.108. The first-order valence-electron chi connectivity index (χ1n) is 6.17. The first kappa shape index (κ1) is 17.4. The highest BCUT2D eigenvalue weighted by Crippen LogP contribution is 2.51. The van der Waals surface area contributed by atoms with Gasteiger partial charge in [-0.3, -0.25) is 4.57 Å². The van der Waals surface area contributed by atoms with Crippen molar-refractivity contribution in [3.8, 4) is 0 Å². The maximum absolute atomic E-state index is 12.2. The van der Waals surface area contributed by atoms with E-state index in [-0.39, 0.29) is 13.0 Å². The van der Waals surface area contributed by atoms with Crippen molar-refractivity contribution in [3.63, 3.8) is 0 Å². The lowest BCUT2D eigenvalue weighted by Gasteiger charge is -2.23. The van der Waals surface area contributed by atoms with Gasteiger partial charge in [0.15, 0.2) is 0 Å². The van der Waals surface area contributed by atoms with Gasteiger partial charge in [0.05, 0.1) is 0 Å². The summed E-state index contributed by atoms with van der Waals surface area (Å²) in [4.78, 5) is 22.3. The predicted octanol–water partition coefficient (Wildman–Crippen LogP) is 2.31. The van der Waals surface area contributed by atoms with Gasteiger partial charge in [0.25, 0.3) is 0 Å². The van der Waals surface area contributed by atoms with Crippen molar-refractivity contribution < 1.29 is 27.9 Å². The zero-order chi connectivity index (χ0) is 15.7. The van der Waals surface area contributed by atoms with Crippen LogP contribution in [0.5, 0.6) is 0 Å². The highest BCUT2D eigenvalue weighted by Gasteiger charge is 2.35. The first-order chi connectivity index (χ1) is 10.1. The van der Waals surface area contributed by atoms with Gasteiger partial charge in [-0.1, -0.05) is 30.3 Å². The second kappa shape index (κ2) is 8.56. The number of benzene rings is 1. The Hall–Kier alpha value is -1.69. The molecule has 1 atom stereocenters. The normalized spacial score (nSPS) is 12.5. The molecule has 0 unspecified atom stereocenters. The van der Waals surface area contributed by atoms with Crippen molar-refractivity contribution in [2.24, 2.45) is 0 Å². The molecule has 0 aromatic heterocycles. The summed E-state index contributed by atoms with van der Waals surface area (Å²) in [5, 5.41) is 2.33. The molecule has 1 rings (SSSR count). The molecule has 0 fully saturated rings. The van der Waals surface area contributed by atoms with Gasteiger partial charge in [-0.25, -0.2) is 4.79 Å². The van der Waals surface area contributed by atoms with Crippen LogP contribution in [-0.2, 0) is 29.8 Å². The Morgan fingerprint density at radius 2 is 1.90 bits per heavy atom. The van der Waals surface area contributed by atoms with E-state index in [1.807, 2.05) is 18.2 Å². The molecular weight excluding hydrogens is 297 g/mol. The molecule has 21 heavy (non-hydrogen) atoms. The van der Waals surface area contributed by atoms with E-state index in [0.29, 0.717) is 6.29 Å². The highest BCUT2D eigenvalue weighted by atomic mass is 31.2. The molecule has 0 saturated heterocycles. The average molecular weight is 315 g/mol. The highest BCUT2D eigenvalue weighted by molar-refractivity contribution is 7.54. The maximum atomic E-state index is 12.2. The Labute approximate surface area is 123 Å². The van der Waals surface area contributed by atoms with Gasteiger partial charge in [-0.15, -0.1) is 0 Å². The molecular formula is C13H18NO6P. The monoisotopic (exact) mass is 315 g/mol. The van der Waals surface area contributed by atoms with Crippen molar-refractivity contribution >= 4 is 20.0 Å². The fourth-order valence-electron chi connectivity index (χ4n) is 1.59. The van der Waals surface area contributed by atoms with Gasteiger partial charge in [0.1, 0.15) is 18.7 Å². The van der Waals surface area contributed by atoms with Crippen LogP contribution in [0.2, 0.25) is 0 Å². The standard InChI is InChI=1S/C13H18NO6P/c1-18-21(17,19-2)12(8-9-15)14-13(16)20-10-11-6-4-3-5-7-11/h3-7,9,12H,8,10H2,1-2H3,(H,14,16)/t12-/m0/s1. The molecule has 1 aromatic rings. The Balaban J connectivity index is 2.60. The summed E-state index contributed by atoms with van der Waals surface area (Å²) in [6.07, 6.45) is -0.494. The van der Waals surface area contributed by atoms with Gasteiger partial charge in [0, 0.05) is 20.6 Å². The van der Waals surface area contributed by atoms with Crippen LogP contribution in [0.15, 0.2) is 30.3 Å². The smallest absolute Gasteiger partial charge is 0.408 e. The molecule has 1 aromatic carbocycles. The van der Waals surface area contributed by atoms with E-state index in [2.05, 4.69) is 5.32 Å². The van der Waals surface area contributed by atoms with Crippen molar-refractivity contribution in [1.82, 2.24) is 5.32 Å². The van der Waals surface area contributed by atoms with E-state index >= 15 is 0 Å². The third-order valence-corrected chi connectivity index (χ3v) is 4.83. The van der Waals surface area contributed by atoms with Crippen molar-refractivity contribution in [2.75, 3.05) is 14.2 Å². The van der Waals surface area contributed by atoms with Gasteiger partial charge in [-0.05, 0) is 5.56 Å². The summed E-state index contributed by atoms with van der Waals surface area (Å²) in [5.41, 5.74) is 0.807. The number of amides is 1. The number of aldehydes is 1. The number of nitrogens with one attached hydrogen (secondary N) is 1. The molecule has 7 nitrogen and oxygen atoms in total. The number of hydrogen-bond donors (Lipinski definition) is 1. The van der Waals surface area contributed by atoms with Gasteiger partial charge >= 0.3 is 13.7 Å². The van der Waals surface area contributed by atoms with Crippen molar-refractivity contribution in [3.05, 3.63) is 35.9 Å². The lowest BCUT2D eigenvalue weighted by atomic mass is 10.2. The Morgan fingerprint density at radius 1 is 1.29 bits per heavy atom. The number of rotatable bonds is 8. The van der Waals surface area contributed by atoms with Gasteiger partial charge in [-0.2, -0.15) is 0 Å². The van der Waals surface area contributed by atoms with Crippen LogP contribution in [0.4, 0.5) is 4.79 Å². The van der Waals surface area contributed by atoms with Crippen molar-refractivity contribution in [2.45, 2.75) is 18.8 Å². The minimum absolute atomic E-state index is 0.0603. The Morgan fingerprint density at radius 3 is 2.43 bits per heavy atom. The number of hydrogen-bond acceptors (Lipinski definition) is 6. The fraction of sp³-hybridized carbons (Fsp3) is 0.385. The molecule has 116 valence electrons. The molecule has 1 N–H and O–H groups in total. The molecule has 0 spiro atoms. The summed E-state index contributed by atoms with van der Waals surface area (Å²) in [7, 11) is -1.24. The lowest BCUT2D eigenvalue weighted by Crippen LogP contribution is -2.36. The third-order valence-electron chi connectivity index (χ3n) is 2.71. The second-order valence-electron chi connectivity index (χ2n) is 4.03. The van der Waals surface area contributed by atoms with E-state index < -0.39 is 19.5 Å². The van der Waals surface area contributed by atoms with Crippen LogP contribution in [0.3, 0.4) is 0 Å². The van der Waals surface area contributed by atoms with Crippen LogP contribution < -0.4 is 5.32 Å². The Bertz CT molecular complexity index is 499. The largest absolute Gasteiger partial charge is 0.445 e. The molecule has 8 heteroatoms. The molecule has 0 heterocycles. The second-order valence-corrected chi connectivity index (χ2v) is 6.46. The summed E-state index contributed by atoms with van der Waals surface area (Å²) in [5.74, 6) is -1.09. The third kappa shape index (κ3) is 5.30. The fourth-order valence-corrected chi connectivity index (χ4v) is 2.85. The van der Waals surface area contributed by atoms with Crippen LogP contribution in [-0.4, -0.2) is 32.4 Å². The zero-order valence-electron chi connectivity index (χ0n) is 11.9. The predicted molar refractivity (Wildman–Crippen MR) is 75.9 cm³/mol. The number of carbonyl (C=O) groups is 2. The van der Waals surface area contributed by atoms with Crippen LogP contribution in [0.25, 0.3) is 0 Å². The quantitative estimate of drug-likeness (QED) is 0.585. The van der Waals surface area contributed by atoms with E-state index in [9.17, 15) is 14.2 Å². The van der Waals surface area contributed by atoms with Crippen molar-refractivity contribution in [1.29, 1.82) is 0 Å². The van der Waals surface area contributed by atoms with Crippen LogP contribution >= 0.6 is 7.60 Å². The summed E-state index contributed by atoms with van der Waals surface area (Å²) >= 11 is 0. The zero-order valence-corrected chi connectivity index (χ0v) is 12.7. The molecule has 0 aliphatic heterocycles. The molecule has 0 saturated carbocycles. The van der Waals surface area contributed by atoms with Crippen LogP contribution in [0, 0.1) is 0 Å². The number of alkyl carbamates (subject to hydrolysis) is 1. The molecule has 0 aliphatic carbocycles. The molecule has 1 amide bonds.